The van der Waals surface area contributed by atoms with Crippen LogP contribution in [0.3, 0.4) is 0 Å². The molecule has 1 N–H and O–H groups in total. The molecule has 1 heterocycles. The standard InChI is InChI=1S/C16H23NO/c1-16(2)8-10-17(11-9-16)14-7-6-13-12(14)4-3-5-15(13)18/h3-5,14,18H,6-11H2,1-2H3. The number of nitrogens with zero attached hydrogens (tertiary/aromatic N) is 1. The van der Waals surface area contributed by atoms with Gasteiger partial charge in [-0.1, -0.05) is 26.0 Å². The summed E-state index contributed by atoms with van der Waals surface area (Å²) in [5, 5.41) is 9.91. The molecule has 1 aromatic carbocycles. The maximum atomic E-state index is 9.91. The number of fused-ring (bicyclic) bond motifs is 1. The summed E-state index contributed by atoms with van der Waals surface area (Å²) >= 11 is 0. The molecule has 0 radical (unpaired) electrons. The lowest BCUT2D eigenvalue weighted by molar-refractivity contribution is 0.0938. The van der Waals surface area contributed by atoms with Gasteiger partial charge >= 0.3 is 0 Å². The first-order valence-corrected chi connectivity index (χ1v) is 7.12. The minimum absolute atomic E-state index is 0.493. The molecule has 2 aliphatic rings. The van der Waals surface area contributed by atoms with Crippen LogP contribution in [0.4, 0.5) is 0 Å². The predicted molar refractivity (Wildman–Crippen MR) is 73.8 cm³/mol. The van der Waals surface area contributed by atoms with Crippen molar-refractivity contribution in [3.63, 3.8) is 0 Å². The Hall–Kier alpha value is -1.02. The predicted octanol–water partition coefficient (Wildman–Crippen LogP) is 3.50. The molecule has 0 amide bonds. The molecule has 18 heavy (non-hydrogen) atoms. The van der Waals surface area contributed by atoms with E-state index in [9.17, 15) is 5.11 Å². The summed E-state index contributed by atoms with van der Waals surface area (Å²) in [6, 6.07) is 6.55. The van der Waals surface area contributed by atoms with Crippen molar-refractivity contribution in [1.82, 2.24) is 4.90 Å². The van der Waals surface area contributed by atoms with Crippen LogP contribution in [-0.4, -0.2) is 23.1 Å². The van der Waals surface area contributed by atoms with E-state index in [1.54, 1.807) is 0 Å². The summed E-state index contributed by atoms with van der Waals surface area (Å²) in [5.74, 6) is 0.493. The van der Waals surface area contributed by atoms with Gasteiger partial charge in [0.05, 0.1) is 0 Å². The Kier molecular flexibility index (Phi) is 2.86. The van der Waals surface area contributed by atoms with Crippen molar-refractivity contribution in [2.75, 3.05) is 13.1 Å². The van der Waals surface area contributed by atoms with Crippen molar-refractivity contribution in [2.45, 2.75) is 45.6 Å². The summed E-state index contributed by atoms with van der Waals surface area (Å²) in [4.78, 5) is 2.62. The summed E-state index contributed by atoms with van der Waals surface area (Å²) in [5.41, 5.74) is 3.07. The van der Waals surface area contributed by atoms with Crippen molar-refractivity contribution in [1.29, 1.82) is 0 Å². The van der Waals surface area contributed by atoms with E-state index in [0.717, 1.165) is 6.42 Å². The highest BCUT2D eigenvalue weighted by molar-refractivity contribution is 5.44. The summed E-state index contributed by atoms with van der Waals surface area (Å²) < 4.78 is 0. The fraction of sp³-hybridized carbons (Fsp3) is 0.625. The molecule has 2 nitrogen and oxygen atoms in total. The van der Waals surface area contributed by atoms with Crippen LogP contribution in [0.5, 0.6) is 5.75 Å². The molecule has 1 atom stereocenters. The first-order valence-electron chi connectivity index (χ1n) is 7.12. The Morgan fingerprint density at radius 3 is 2.67 bits per heavy atom. The number of piperidine rings is 1. The van der Waals surface area contributed by atoms with Crippen LogP contribution in [0, 0.1) is 5.41 Å². The van der Waals surface area contributed by atoms with Crippen LogP contribution in [0.1, 0.15) is 50.3 Å². The van der Waals surface area contributed by atoms with Crippen LogP contribution in [0.25, 0.3) is 0 Å². The molecule has 0 saturated carbocycles. The Morgan fingerprint density at radius 1 is 1.22 bits per heavy atom. The summed E-state index contributed by atoms with van der Waals surface area (Å²) in [7, 11) is 0. The monoisotopic (exact) mass is 245 g/mol. The zero-order valence-corrected chi connectivity index (χ0v) is 11.4. The van der Waals surface area contributed by atoms with E-state index in [1.807, 2.05) is 12.1 Å². The van der Waals surface area contributed by atoms with Crippen LogP contribution in [-0.2, 0) is 6.42 Å². The molecule has 1 aliphatic carbocycles. The van der Waals surface area contributed by atoms with Gasteiger partial charge in [-0.15, -0.1) is 0 Å². The topological polar surface area (TPSA) is 23.5 Å². The van der Waals surface area contributed by atoms with Gasteiger partial charge in [-0.3, -0.25) is 4.90 Å². The van der Waals surface area contributed by atoms with Crippen LogP contribution < -0.4 is 0 Å². The number of hydrogen-bond acceptors (Lipinski definition) is 2. The Bertz CT molecular complexity index is 442. The minimum Gasteiger partial charge on any atom is -0.508 e. The molecule has 0 aromatic heterocycles. The SMILES string of the molecule is CC1(C)CCN(C2CCc3c(O)cccc32)CC1. The zero-order valence-electron chi connectivity index (χ0n) is 11.4. The molecular weight excluding hydrogens is 222 g/mol. The number of phenolic OH excluding ortho intramolecular Hbond substituents is 1. The maximum absolute atomic E-state index is 9.91. The van der Waals surface area contributed by atoms with E-state index in [-0.39, 0.29) is 0 Å². The van der Waals surface area contributed by atoms with Gasteiger partial charge in [0.15, 0.2) is 0 Å². The normalized spacial score (nSPS) is 27.1. The second kappa shape index (κ2) is 4.27. The number of phenols is 1. The third-order valence-corrected chi connectivity index (χ3v) is 4.81. The lowest BCUT2D eigenvalue weighted by Crippen LogP contribution is -2.39. The van der Waals surface area contributed by atoms with Crippen LogP contribution in [0.15, 0.2) is 18.2 Å². The Balaban J connectivity index is 1.79. The zero-order chi connectivity index (χ0) is 12.8. The molecule has 1 unspecified atom stereocenters. The smallest absolute Gasteiger partial charge is 0.119 e. The van der Waals surface area contributed by atoms with Gasteiger partial charge in [0.1, 0.15) is 5.75 Å². The highest BCUT2D eigenvalue weighted by Crippen LogP contribution is 2.42. The quantitative estimate of drug-likeness (QED) is 0.818. The third-order valence-electron chi connectivity index (χ3n) is 4.81. The molecule has 0 spiro atoms. The number of aromatic hydroxyl groups is 1. The largest absolute Gasteiger partial charge is 0.508 e. The number of likely N-dealkylation sites (tertiary alicyclic amines) is 1. The van der Waals surface area contributed by atoms with Crippen molar-refractivity contribution in [2.24, 2.45) is 5.41 Å². The number of rotatable bonds is 1. The highest BCUT2D eigenvalue weighted by Gasteiger charge is 2.33. The molecule has 1 saturated heterocycles. The molecule has 1 fully saturated rings. The van der Waals surface area contributed by atoms with Crippen LogP contribution >= 0.6 is 0 Å². The van der Waals surface area contributed by atoms with Crippen molar-refractivity contribution >= 4 is 0 Å². The van der Waals surface area contributed by atoms with Gasteiger partial charge < -0.3 is 5.11 Å². The van der Waals surface area contributed by atoms with Gasteiger partial charge in [-0.05, 0) is 61.4 Å². The van der Waals surface area contributed by atoms with E-state index in [0.29, 0.717) is 17.2 Å². The second-order valence-electron chi connectivity index (χ2n) is 6.60. The highest BCUT2D eigenvalue weighted by atomic mass is 16.3. The summed E-state index contributed by atoms with van der Waals surface area (Å²) in [6.07, 6.45) is 4.79. The van der Waals surface area contributed by atoms with E-state index in [4.69, 9.17) is 0 Å². The summed E-state index contributed by atoms with van der Waals surface area (Å²) in [6.45, 7) is 7.15. The van der Waals surface area contributed by atoms with Crippen molar-refractivity contribution in [3.8, 4) is 5.75 Å². The molecule has 1 aliphatic heterocycles. The lowest BCUT2D eigenvalue weighted by atomic mass is 9.82. The van der Waals surface area contributed by atoms with Gasteiger partial charge in [0.2, 0.25) is 0 Å². The first-order chi connectivity index (χ1) is 8.57. The second-order valence-corrected chi connectivity index (χ2v) is 6.60. The average molecular weight is 245 g/mol. The molecule has 98 valence electrons. The van der Waals surface area contributed by atoms with E-state index in [2.05, 4.69) is 24.8 Å². The first kappa shape index (κ1) is 12.0. The molecular formula is C16H23NO. The van der Waals surface area contributed by atoms with Gasteiger partial charge in [0.25, 0.3) is 0 Å². The van der Waals surface area contributed by atoms with Gasteiger partial charge in [0, 0.05) is 6.04 Å². The fourth-order valence-corrected chi connectivity index (χ4v) is 3.43. The minimum atomic E-state index is 0.493. The maximum Gasteiger partial charge on any atom is 0.119 e. The van der Waals surface area contributed by atoms with Crippen LogP contribution in [0.2, 0.25) is 0 Å². The van der Waals surface area contributed by atoms with E-state index in [1.165, 1.54) is 43.5 Å². The van der Waals surface area contributed by atoms with E-state index >= 15 is 0 Å². The molecule has 2 heteroatoms. The molecule has 1 aromatic rings. The van der Waals surface area contributed by atoms with Gasteiger partial charge in [-0.2, -0.15) is 0 Å². The number of benzene rings is 1. The molecule has 3 rings (SSSR count). The van der Waals surface area contributed by atoms with Crippen molar-refractivity contribution < 1.29 is 5.11 Å². The van der Waals surface area contributed by atoms with Crippen molar-refractivity contribution in [3.05, 3.63) is 29.3 Å². The molecule has 0 bridgehead atoms. The van der Waals surface area contributed by atoms with Gasteiger partial charge in [-0.25, -0.2) is 0 Å². The third kappa shape index (κ3) is 2.03. The Labute approximate surface area is 110 Å². The Morgan fingerprint density at radius 2 is 1.94 bits per heavy atom. The van der Waals surface area contributed by atoms with E-state index < -0.39 is 0 Å². The average Bonchev–Trinajstić information content (AvgIpc) is 2.74. The number of hydrogen-bond donors (Lipinski definition) is 1. The lowest BCUT2D eigenvalue weighted by Gasteiger charge is -2.40. The fourth-order valence-electron chi connectivity index (χ4n) is 3.43.